The van der Waals surface area contributed by atoms with Crippen LogP contribution in [0.25, 0.3) is 10.7 Å². The number of amides is 1. The van der Waals surface area contributed by atoms with Crippen molar-refractivity contribution in [2.24, 2.45) is 0 Å². The normalized spacial score (nSPS) is 13.9. The van der Waals surface area contributed by atoms with E-state index in [9.17, 15) is 9.90 Å². The van der Waals surface area contributed by atoms with E-state index in [0.717, 1.165) is 4.88 Å². The van der Waals surface area contributed by atoms with Crippen LogP contribution >= 0.6 is 11.3 Å². The fourth-order valence-electron chi connectivity index (χ4n) is 1.41. The molecular weight excluding hydrogens is 278 g/mol. The highest BCUT2D eigenvalue weighted by Gasteiger charge is 2.18. The predicted molar refractivity (Wildman–Crippen MR) is 75.1 cm³/mol. The third kappa shape index (κ3) is 3.84. The van der Waals surface area contributed by atoms with Gasteiger partial charge in [-0.15, -0.1) is 21.5 Å². The van der Waals surface area contributed by atoms with Crippen molar-refractivity contribution in [3.63, 3.8) is 0 Å². The van der Waals surface area contributed by atoms with Crippen LogP contribution in [0.3, 0.4) is 0 Å². The Kier molecular flexibility index (Phi) is 4.46. The SMILES string of the molecule is CCC(C)(O)CNC(=O)Cn1nnc(-c2cccs2)n1. The fourth-order valence-corrected chi connectivity index (χ4v) is 2.06. The molecule has 1 amide bonds. The zero-order valence-electron chi connectivity index (χ0n) is 11.4. The molecule has 0 aromatic carbocycles. The molecule has 0 bridgehead atoms. The number of nitrogens with zero attached hydrogens (tertiary/aromatic N) is 4. The molecule has 0 spiro atoms. The lowest BCUT2D eigenvalue weighted by Gasteiger charge is -2.21. The maximum absolute atomic E-state index is 11.7. The van der Waals surface area contributed by atoms with Crippen LogP contribution in [-0.4, -0.2) is 43.4 Å². The second kappa shape index (κ2) is 6.10. The molecule has 0 saturated carbocycles. The molecule has 20 heavy (non-hydrogen) atoms. The topological polar surface area (TPSA) is 92.9 Å². The number of carbonyl (C=O) groups is 1. The molecule has 0 aliphatic rings. The molecule has 108 valence electrons. The molecule has 0 saturated heterocycles. The summed E-state index contributed by atoms with van der Waals surface area (Å²) in [7, 11) is 0. The molecule has 0 radical (unpaired) electrons. The number of hydrogen-bond donors (Lipinski definition) is 2. The van der Waals surface area contributed by atoms with Gasteiger partial charge in [-0.05, 0) is 30.0 Å². The average Bonchev–Trinajstić information content (AvgIpc) is 3.07. The van der Waals surface area contributed by atoms with E-state index in [2.05, 4.69) is 20.7 Å². The number of hydrogen-bond acceptors (Lipinski definition) is 6. The van der Waals surface area contributed by atoms with Gasteiger partial charge in [0, 0.05) is 6.54 Å². The molecule has 0 aliphatic heterocycles. The van der Waals surface area contributed by atoms with Gasteiger partial charge in [0.15, 0.2) is 0 Å². The minimum atomic E-state index is -0.895. The van der Waals surface area contributed by atoms with Gasteiger partial charge in [0.1, 0.15) is 6.54 Å². The lowest BCUT2D eigenvalue weighted by molar-refractivity contribution is -0.123. The lowest BCUT2D eigenvalue weighted by Crippen LogP contribution is -2.41. The molecule has 1 atom stereocenters. The Bertz CT molecular complexity index is 564. The summed E-state index contributed by atoms with van der Waals surface area (Å²) in [5.41, 5.74) is -0.895. The van der Waals surface area contributed by atoms with Crippen LogP contribution in [0.5, 0.6) is 0 Å². The number of nitrogens with one attached hydrogen (secondary N) is 1. The minimum Gasteiger partial charge on any atom is -0.388 e. The molecule has 7 nitrogen and oxygen atoms in total. The van der Waals surface area contributed by atoms with Crippen LogP contribution in [0.15, 0.2) is 17.5 Å². The number of aromatic nitrogens is 4. The predicted octanol–water partition coefficient (Wildman–Crippen LogP) is 0.679. The third-order valence-electron chi connectivity index (χ3n) is 2.91. The smallest absolute Gasteiger partial charge is 0.243 e. The summed E-state index contributed by atoms with van der Waals surface area (Å²) >= 11 is 1.51. The van der Waals surface area contributed by atoms with E-state index in [1.807, 2.05) is 24.4 Å². The Morgan fingerprint density at radius 2 is 2.40 bits per heavy atom. The van der Waals surface area contributed by atoms with Crippen LogP contribution in [0, 0.1) is 0 Å². The Morgan fingerprint density at radius 3 is 3.05 bits per heavy atom. The van der Waals surface area contributed by atoms with Crippen molar-refractivity contribution < 1.29 is 9.90 Å². The Labute approximate surface area is 120 Å². The Morgan fingerprint density at radius 1 is 1.60 bits per heavy atom. The lowest BCUT2D eigenvalue weighted by atomic mass is 10.0. The molecule has 2 N–H and O–H groups in total. The Balaban J connectivity index is 1.89. The van der Waals surface area contributed by atoms with Crippen LogP contribution in [0.2, 0.25) is 0 Å². The average molecular weight is 295 g/mol. The van der Waals surface area contributed by atoms with Gasteiger partial charge in [0.05, 0.1) is 10.5 Å². The van der Waals surface area contributed by atoms with Crippen molar-refractivity contribution in [1.29, 1.82) is 0 Å². The van der Waals surface area contributed by atoms with Gasteiger partial charge in [-0.25, -0.2) is 0 Å². The maximum Gasteiger partial charge on any atom is 0.243 e. The zero-order valence-corrected chi connectivity index (χ0v) is 12.2. The molecule has 0 aliphatic carbocycles. The van der Waals surface area contributed by atoms with Crippen molar-refractivity contribution in [3.8, 4) is 10.7 Å². The highest BCUT2D eigenvalue weighted by molar-refractivity contribution is 7.13. The highest BCUT2D eigenvalue weighted by Crippen LogP contribution is 2.19. The standard InChI is InChI=1S/C12H17N5O2S/c1-3-12(2,19)8-13-10(18)7-17-15-11(14-16-17)9-5-4-6-20-9/h4-6,19H,3,7-8H2,1-2H3,(H,13,18). The third-order valence-corrected chi connectivity index (χ3v) is 3.77. The molecule has 8 heteroatoms. The largest absolute Gasteiger partial charge is 0.388 e. The number of thiophene rings is 1. The zero-order chi connectivity index (χ0) is 14.6. The van der Waals surface area contributed by atoms with Gasteiger partial charge in [-0.3, -0.25) is 4.79 Å². The molecule has 2 rings (SSSR count). The number of aliphatic hydroxyl groups is 1. The van der Waals surface area contributed by atoms with Crippen molar-refractivity contribution in [2.45, 2.75) is 32.4 Å². The first-order valence-electron chi connectivity index (χ1n) is 6.31. The number of tetrazole rings is 1. The van der Waals surface area contributed by atoms with Crippen LogP contribution in [0.4, 0.5) is 0 Å². The first-order valence-corrected chi connectivity index (χ1v) is 7.19. The summed E-state index contributed by atoms with van der Waals surface area (Å²) in [5.74, 6) is 0.252. The Hall–Kier alpha value is -1.80. The van der Waals surface area contributed by atoms with Crippen LogP contribution in [-0.2, 0) is 11.3 Å². The number of rotatable bonds is 6. The van der Waals surface area contributed by atoms with E-state index in [1.54, 1.807) is 6.92 Å². The van der Waals surface area contributed by atoms with Crippen molar-refractivity contribution >= 4 is 17.2 Å². The van der Waals surface area contributed by atoms with E-state index >= 15 is 0 Å². The van der Waals surface area contributed by atoms with Gasteiger partial charge in [-0.1, -0.05) is 13.0 Å². The molecular formula is C12H17N5O2S. The van der Waals surface area contributed by atoms with E-state index in [1.165, 1.54) is 16.1 Å². The second-order valence-corrected chi connectivity index (χ2v) is 5.70. The highest BCUT2D eigenvalue weighted by atomic mass is 32.1. The number of carbonyl (C=O) groups excluding carboxylic acids is 1. The van der Waals surface area contributed by atoms with Crippen molar-refractivity contribution in [1.82, 2.24) is 25.5 Å². The minimum absolute atomic E-state index is 0.0157. The van der Waals surface area contributed by atoms with Crippen molar-refractivity contribution in [3.05, 3.63) is 17.5 Å². The van der Waals surface area contributed by atoms with Gasteiger partial charge in [0.2, 0.25) is 11.7 Å². The van der Waals surface area contributed by atoms with Crippen LogP contribution < -0.4 is 5.32 Å². The van der Waals surface area contributed by atoms with E-state index < -0.39 is 5.60 Å². The molecule has 2 heterocycles. The summed E-state index contributed by atoms with van der Waals surface area (Å²) in [6.07, 6.45) is 0.567. The van der Waals surface area contributed by atoms with Gasteiger partial charge < -0.3 is 10.4 Å². The monoisotopic (exact) mass is 295 g/mol. The summed E-state index contributed by atoms with van der Waals surface area (Å²) in [6, 6.07) is 3.80. The first-order chi connectivity index (χ1) is 9.50. The van der Waals surface area contributed by atoms with Gasteiger partial charge in [0.25, 0.3) is 0 Å². The molecule has 0 fully saturated rings. The maximum atomic E-state index is 11.7. The van der Waals surface area contributed by atoms with Gasteiger partial charge >= 0.3 is 0 Å². The summed E-state index contributed by atoms with van der Waals surface area (Å²) in [5, 5.41) is 26.3. The summed E-state index contributed by atoms with van der Waals surface area (Å²) in [6.45, 7) is 3.72. The van der Waals surface area contributed by atoms with E-state index in [0.29, 0.717) is 12.2 Å². The molecule has 1 unspecified atom stereocenters. The first kappa shape index (κ1) is 14.6. The van der Waals surface area contributed by atoms with Gasteiger partial charge in [-0.2, -0.15) is 4.80 Å². The summed E-state index contributed by atoms with van der Waals surface area (Å²) in [4.78, 5) is 13.9. The summed E-state index contributed by atoms with van der Waals surface area (Å²) < 4.78 is 0. The van der Waals surface area contributed by atoms with E-state index in [4.69, 9.17) is 0 Å². The molecule has 2 aromatic heterocycles. The van der Waals surface area contributed by atoms with Crippen molar-refractivity contribution in [2.75, 3.05) is 6.54 Å². The van der Waals surface area contributed by atoms with Crippen LogP contribution in [0.1, 0.15) is 20.3 Å². The van der Waals surface area contributed by atoms with E-state index in [-0.39, 0.29) is 19.0 Å². The quantitative estimate of drug-likeness (QED) is 0.817. The second-order valence-electron chi connectivity index (χ2n) is 4.75. The molecule has 2 aromatic rings. The fraction of sp³-hybridized carbons (Fsp3) is 0.500.